The zero-order valence-corrected chi connectivity index (χ0v) is 21.4. The number of nitriles is 1. The molecule has 1 amide bonds. The molecule has 0 spiro atoms. The number of likely N-dealkylation sites (tertiary alicyclic amines) is 1. The van der Waals surface area contributed by atoms with Gasteiger partial charge in [-0.05, 0) is 50.7 Å². The van der Waals surface area contributed by atoms with Crippen molar-refractivity contribution in [2.75, 3.05) is 41.7 Å². The maximum atomic E-state index is 13.3. The highest BCUT2D eigenvalue weighted by Gasteiger charge is 2.27. The fourth-order valence-electron chi connectivity index (χ4n) is 5.76. The number of anilines is 4. The number of aromatic nitrogens is 4. The monoisotopic (exact) mass is 515 g/mol. The number of amides is 1. The number of hydrogen-bond acceptors (Lipinski definition) is 9. The first-order valence-electron chi connectivity index (χ1n) is 13.7. The minimum absolute atomic E-state index is 0.0409. The van der Waals surface area contributed by atoms with Crippen LogP contribution < -0.4 is 15.5 Å². The minimum atomic E-state index is -0.443. The highest BCUT2D eigenvalue weighted by molar-refractivity contribution is 5.99. The van der Waals surface area contributed by atoms with Crippen LogP contribution in [-0.2, 0) is 0 Å². The summed E-state index contributed by atoms with van der Waals surface area (Å²) in [6.45, 7) is 3.33. The number of hydrogen-bond donors (Lipinski definition) is 3. The van der Waals surface area contributed by atoms with E-state index in [1.54, 1.807) is 0 Å². The summed E-state index contributed by atoms with van der Waals surface area (Å²) in [6.07, 6.45) is 8.95. The highest BCUT2D eigenvalue weighted by atomic mass is 16.3. The number of aliphatic hydroxyl groups excluding tert-OH is 1. The Hall–Kier alpha value is -3.91. The lowest BCUT2D eigenvalue weighted by Gasteiger charge is -2.28. The molecular formula is C27H33N9O2. The Morgan fingerprint density at radius 3 is 2.55 bits per heavy atom. The van der Waals surface area contributed by atoms with E-state index in [9.17, 15) is 15.2 Å². The van der Waals surface area contributed by atoms with Crippen LogP contribution in [0.4, 0.5) is 23.1 Å². The molecule has 1 saturated carbocycles. The van der Waals surface area contributed by atoms with Gasteiger partial charge in [-0.15, -0.1) is 5.10 Å². The van der Waals surface area contributed by atoms with Crippen molar-refractivity contribution in [2.45, 2.75) is 63.5 Å². The SMILES string of the molecule is N#Cc1cnc2c(Nc3ccc(C(=O)N4CCCC4)c(N4CCCC4)n3)cc(N[C@H]3CCCC[C@@H]3O)nn12. The van der Waals surface area contributed by atoms with E-state index in [4.69, 9.17) is 4.98 Å². The molecule has 5 heterocycles. The average Bonchev–Trinajstić information content (AvgIpc) is 3.72. The summed E-state index contributed by atoms with van der Waals surface area (Å²) in [5.74, 6) is 1.88. The van der Waals surface area contributed by atoms with Crippen LogP contribution in [0, 0.1) is 11.3 Å². The topological polar surface area (TPSA) is 135 Å². The van der Waals surface area contributed by atoms with Crippen LogP contribution in [0.5, 0.6) is 0 Å². The van der Waals surface area contributed by atoms with Crippen molar-refractivity contribution in [3.63, 3.8) is 0 Å². The van der Waals surface area contributed by atoms with E-state index in [0.717, 1.165) is 77.5 Å². The van der Waals surface area contributed by atoms with Gasteiger partial charge in [-0.3, -0.25) is 4.79 Å². The van der Waals surface area contributed by atoms with E-state index in [-0.39, 0.29) is 11.9 Å². The largest absolute Gasteiger partial charge is 0.391 e. The van der Waals surface area contributed by atoms with Crippen molar-refractivity contribution < 1.29 is 9.90 Å². The number of rotatable bonds is 6. The Balaban J connectivity index is 1.35. The lowest BCUT2D eigenvalue weighted by Crippen LogP contribution is -2.36. The third kappa shape index (κ3) is 4.72. The number of aliphatic hydroxyl groups is 1. The maximum absolute atomic E-state index is 13.3. The molecule has 1 aliphatic carbocycles. The molecule has 0 radical (unpaired) electrons. The van der Waals surface area contributed by atoms with Crippen molar-refractivity contribution in [1.29, 1.82) is 5.26 Å². The first-order chi connectivity index (χ1) is 18.6. The molecule has 3 N–H and O–H groups in total. The van der Waals surface area contributed by atoms with Crippen LogP contribution in [0.3, 0.4) is 0 Å². The van der Waals surface area contributed by atoms with Crippen molar-refractivity contribution >= 4 is 34.7 Å². The van der Waals surface area contributed by atoms with Crippen LogP contribution in [0.2, 0.25) is 0 Å². The predicted molar refractivity (Wildman–Crippen MR) is 144 cm³/mol. The third-order valence-electron chi connectivity index (χ3n) is 7.81. The lowest BCUT2D eigenvalue weighted by molar-refractivity contribution is 0.0793. The van der Waals surface area contributed by atoms with Crippen LogP contribution in [0.1, 0.15) is 67.4 Å². The first-order valence-corrected chi connectivity index (χ1v) is 13.7. The van der Waals surface area contributed by atoms with Gasteiger partial charge in [0.1, 0.15) is 23.5 Å². The second-order valence-electron chi connectivity index (χ2n) is 10.4. The van der Waals surface area contributed by atoms with E-state index >= 15 is 0 Å². The second kappa shape index (κ2) is 10.5. The van der Waals surface area contributed by atoms with Gasteiger partial charge < -0.3 is 25.5 Å². The van der Waals surface area contributed by atoms with Crippen molar-refractivity contribution in [3.05, 3.63) is 35.7 Å². The minimum Gasteiger partial charge on any atom is -0.391 e. The van der Waals surface area contributed by atoms with Crippen LogP contribution in [0.25, 0.3) is 5.65 Å². The number of nitrogens with zero attached hydrogens (tertiary/aromatic N) is 7. The Morgan fingerprint density at radius 2 is 1.79 bits per heavy atom. The molecule has 2 atom stereocenters. The average molecular weight is 516 g/mol. The molecule has 38 heavy (non-hydrogen) atoms. The van der Waals surface area contributed by atoms with E-state index in [0.29, 0.717) is 40.0 Å². The number of fused-ring (bicyclic) bond motifs is 1. The molecule has 3 aliphatic rings. The second-order valence-corrected chi connectivity index (χ2v) is 10.4. The number of carbonyl (C=O) groups is 1. The predicted octanol–water partition coefficient (Wildman–Crippen LogP) is 3.29. The molecule has 0 aromatic carbocycles. The van der Waals surface area contributed by atoms with Crippen molar-refractivity contribution in [2.24, 2.45) is 0 Å². The summed E-state index contributed by atoms with van der Waals surface area (Å²) in [6, 6.07) is 7.57. The molecule has 198 valence electrons. The third-order valence-corrected chi connectivity index (χ3v) is 7.81. The molecular weight excluding hydrogens is 482 g/mol. The van der Waals surface area contributed by atoms with E-state index < -0.39 is 6.10 Å². The zero-order chi connectivity index (χ0) is 26.1. The molecule has 2 saturated heterocycles. The Morgan fingerprint density at radius 1 is 1.03 bits per heavy atom. The number of nitrogens with one attached hydrogen (secondary N) is 2. The summed E-state index contributed by atoms with van der Waals surface area (Å²) >= 11 is 0. The van der Waals surface area contributed by atoms with Crippen molar-refractivity contribution in [3.8, 4) is 6.07 Å². The standard InChI is InChI=1S/C27H33N9O2/c28-16-18-17-29-26-21(15-24(33-36(18)26)30-20-7-1-2-8-22(20)37)31-23-10-9-19(27(38)35-13-5-6-14-35)25(32-23)34-11-3-4-12-34/h9-10,15,17,20,22,37H,1-8,11-14H2,(H,30,33)(H,31,32)/t20-,22-/m0/s1. The van der Waals surface area contributed by atoms with Crippen LogP contribution >= 0.6 is 0 Å². The molecule has 11 heteroatoms. The molecule has 0 bridgehead atoms. The Labute approximate surface area is 221 Å². The normalized spacial score (nSPS) is 21.6. The summed E-state index contributed by atoms with van der Waals surface area (Å²) in [5, 5.41) is 31.4. The van der Waals surface area contributed by atoms with Gasteiger partial charge in [0, 0.05) is 32.2 Å². The quantitative estimate of drug-likeness (QED) is 0.452. The van der Waals surface area contributed by atoms with Crippen LogP contribution in [-0.4, -0.2) is 73.8 Å². The van der Waals surface area contributed by atoms with Gasteiger partial charge in [0.25, 0.3) is 5.91 Å². The summed E-state index contributed by atoms with van der Waals surface area (Å²) in [4.78, 5) is 26.8. The van der Waals surface area contributed by atoms with Gasteiger partial charge in [-0.25, -0.2) is 9.97 Å². The summed E-state index contributed by atoms with van der Waals surface area (Å²) in [5.41, 5.74) is 2.08. The number of carbonyl (C=O) groups excluding carboxylic acids is 1. The molecule has 3 fully saturated rings. The Kier molecular flexibility index (Phi) is 6.72. The number of imidazole rings is 1. The summed E-state index contributed by atoms with van der Waals surface area (Å²) in [7, 11) is 0. The van der Waals surface area contributed by atoms with Gasteiger partial charge in [0.2, 0.25) is 0 Å². The first kappa shape index (κ1) is 24.4. The molecule has 3 aromatic rings. The van der Waals surface area contributed by atoms with Crippen LogP contribution in [0.15, 0.2) is 24.4 Å². The van der Waals surface area contributed by atoms with Gasteiger partial charge >= 0.3 is 0 Å². The van der Waals surface area contributed by atoms with Crippen molar-refractivity contribution in [1.82, 2.24) is 24.5 Å². The van der Waals surface area contributed by atoms with Gasteiger partial charge in [0.15, 0.2) is 11.3 Å². The molecule has 6 rings (SSSR count). The van der Waals surface area contributed by atoms with Gasteiger partial charge in [-0.2, -0.15) is 9.78 Å². The van der Waals surface area contributed by atoms with E-state index in [2.05, 4.69) is 31.7 Å². The van der Waals surface area contributed by atoms with Gasteiger partial charge in [-0.1, -0.05) is 12.8 Å². The molecule has 11 nitrogen and oxygen atoms in total. The van der Waals surface area contributed by atoms with E-state index in [1.807, 2.05) is 23.1 Å². The Bertz CT molecular complexity index is 1370. The fourth-order valence-corrected chi connectivity index (χ4v) is 5.76. The highest BCUT2D eigenvalue weighted by Crippen LogP contribution is 2.30. The molecule has 0 unspecified atom stereocenters. The summed E-state index contributed by atoms with van der Waals surface area (Å²) < 4.78 is 1.51. The van der Waals surface area contributed by atoms with Gasteiger partial charge in [0.05, 0.1) is 29.6 Å². The smallest absolute Gasteiger partial charge is 0.257 e. The zero-order valence-electron chi connectivity index (χ0n) is 21.4. The fraction of sp³-hybridized carbons (Fsp3) is 0.519. The van der Waals surface area contributed by atoms with E-state index in [1.165, 1.54) is 10.7 Å². The molecule has 2 aliphatic heterocycles. The molecule has 3 aromatic heterocycles. The maximum Gasteiger partial charge on any atom is 0.257 e. The number of pyridine rings is 1. The lowest BCUT2D eigenvalue weighted by atomic mass is 9.92.